The van der Waals surface area contributed by atoms with Gasteiger partial charge in [-0.2, -0.15) is 0 Å². The van der Waals surface area contributed by atoms with E-state index in [0.717, 1.165) is 6.20 Å². The Labute approximate surface area is 69.5 Å². The Morgan fingerprint density at radius 1 is 1.50 bits per heavy atom. The Morgan fingerprint density at radius 3 is 2.50 bits per heavy atom. The molecule has 0 bridgehead atoms. The Kier molecular flexibility index (Phi) is 3.70. The zero-order valence-corrected chi connectivity index (χ0v) is 5.44. The summed E-state index contributed by atoms with van der Waals surface area (Å²) >= 11 is 0. The van der Waals surface area contributed by atoms with Gasteiger partial charge in [-0.3, -0.25) is 9.97 Å². The number of carbonyl (C=O) groups is 1. The maximum atomic E-state index is 9.99. The second-order valence-electron chi connectivity index (χ2n) is 1.38. The van der Waals surface area contributed by atoms with Crippen LogP contribution in [0, 0.1) is 0 Å². The van der Waals surface area contributed by atoms with E-state index in [2.05, 4.69) is 9.97 Å². The first-order chi connectivity index (χ1) is 4.30. The van der Waals surface area contributed by atoms with E-state index in [1.165, 1.54) is 12.4 Å². The minimum atomic E-state index is -1.30. The molecule has 0 aromatic carbocycles. The monoisotopic (exact) mass is 130 g/mol. The Morgan fingerprint density at radius 2 is 2.20 bits per heavy atom. The average Bonchev–Trinajstić information content (AvgIpc) is 1.90. The molecule has 5 heteroatoms. The first kappa shape index (κ1) is 9.15. The van der Waals surface area contributed by atoms with E-state index >= 15 is 0 Å². The quantitative estimate of drug-likeness (QED) is 0.362. The van der Waals surface area contributed by atoms with Crippen molar-refractivity contribution in [2.24, 2.45) is 0 Å². The second kappa shape index (κ2) is 4.04. The topological polar surface area (TPSA) is 65.9 Å². The van der Waals surface area contributed by atoms with Crippen molar-refractivity contribution in [3.8, 4) is 0 Å². The van der Waals surface area contributed by atoms with Gasteiger partial charge in [-0.05, 0) is 0 Å². The number of aromatic nitrogens is 2. The van der Waals surface area contributed by atoms with E-state index in [1.807, 2.05) is 0 Å². The minimum Gasteiger partial charge on any atom is -0.543 e. The maximum Gasteiger partial charge on any atom is 1.00 e. The van der Waals surface area contributed by atoms with Crippen LogP contribution in [0.5, 0.6) is 0 Å². The number of aromatic carboxylic acids is 1. The van der Waals surface area contributed by atoms with Gasteiger partial charge >= 0.3 is 18.9 Å². The van der Waals surface area contributed by atoms with Crippen LogP contribution in [0.1, 0.15) is 10.5 Å². The predicted octanol–water partition coefficient (Wildman–Crippen LogP) is -4.16. The van der Waals surface area contributed by atoms with Crippen molar-refractivity contribution in [2.75, 3.05) is 0 Å². The van der Waals surface area contributed by atoms with Gasteiger partial charge in [-0.1, -0.05) is 0 Å². The molecule has 1 aromatic heterocycles. The van der Waals surface area contributed by atoms with Crippen LogP contribution < -0.4 is 24.0 Å². The van der Waals surface area contributed by atoms with E-state index in [0.29, 0.717) is 0 Å². The number of nitrogens with zero attached hydrogens (tertiary/aromatic N) is 2. The normalized spacial score (nSPS) is 8.00. The fraction of sp³-hybridized carbons (Fsp3) is 0. The van der Waals surface area contributed by atoms with Crippen LogP contribution in [0.3, 0.4) is 0 Å². The second-order valence-corrected chi connectivity index (χ2v) is 1.38. The fourth-order valence-electron chi connectivity index (χ4n) is 0.405. The number of carboxylic acids is 1. The summed E-state index contributed by atoms with van der Waals surface area (Å²) < 4.78 is 0. The molecule has 46 valence electrons. The molecule has 4 nitrogen and oxygen atoms in total. The molecule has 0 aliphatic rings. The number of hydrogen-bond acceptors (Lipinski definition) is 4. The third-order valence-corrected chi connectivity index (χ3v) is 0.772. The van der Waals surface area contributed by atoms with Crippen LogP contribution in [0.25, 0.3) is 0 Å². The van der Waals surface area contributed by atoms with E-state index in [-0.39, 0.29) is 24.6 Å². The van der Waals surface area contributed by atoms with Crippen LogP contribution in [0.15, 0.2) is 18.6 Å². The van der Waals surface area contributed by atoms with Crippen LogP contribution in [-0.4, -0.2) is 15.9 Å². The molecule has 0 atom stereocenters. The van der Waals surface area contributed by atoms with Gasteiger partial charge in [0.25, 0.3) is 0 Å². The van der Waals surface area contributed by atoms with Crippen molar-refractivity contribution in [3.63, 3.8) is 0 Å². The van der Waals surface area contributed by atoms with Gasteiger partial charge in [0, 0.05) is 12.4 Å². The molecule has 1 aromatic rings. The van der Waals surface area contributed by atoms with Gasteiger partial charge < -0.3 is 9.90 Å². The van der Waals surface area contributed by atoms with Gasteiger partial charge in [0.2, 0.25) is 0 Å². The zero-order chi connectivity index (χ0) is 6.69. The molecular formula is C5H3LiN2O2. The van der Waals surface area contributed by atoms with Gasteiger partial charge in [0.1, 0.15) is 5.69 Å². The third-order valence-electron chi connectivity index (χ3n) is 0.772. The van der Waals surface area contributed by atoms with E-state index in [4.69, 9.17) is 0 Å². The SMILES string of the molecule is O=C([O-])c1cnccn1.[Li+]. The number of carboxylic acid groups (broad SMARTS) is 1. The predicted molar refractivity (Wildman–Crippen MR) is 26.4 cm³/mol. The molecule has 0 fully saturated rings. The molecule has 0 unspecified atom stereocenters. The molecule has 0 aliphatic heterocycles. The fourth-order valence-corrected chi connectivity index (χ4v) is 0.405. The standard InChI is InChI=1S/C5H4N2O2.Li/c8-5(9)4-3-6-1-2-7-4;/h1-3H,(H,8,9);/q;+1/p-1. The summed E-state index contributed by atoms with van der Waals surface area (Å²) in [7, 11) is 0. The van der Waals surface area contributed by atoms with E-state index in [9.17, 15) is 9.90 Å². The van der Waals surface area contributed by atoms with Crippen LogP contribution >= 0.6 is 0 Å². The van der Waals surface area contributed by atoms with Gasteiger partial charge in [-0.15, -0.1) is 0 Å². The zero-order valence-electron chi connectivity index (χ0n) is 5.44. The molecule has 0 aliphatic carbocycles. The average molecular weight is 130 g/mol. The van der Waals surface area contributed by atoms with Gasteiger partial charge in [0.05, 0.1) is 12.2 Å². The third kappa shape index (κ3) is 2.17. The first-order valence-electron chi connectivity index (χ1n) is 2.28. The van der Waals surface area contributed by atoms with Crippen molar-refractivity contribution < 1.29 is 28.8 Å². The van der Waals surface area contributed by atoms with Gasteiger partial charge in [-0.25, -0.2) is 0 Å². The summed E-state index contributed by atoms with van der Waals surface area (Å²) in [4.78, 5) is 17.0. The summed E-state index contributed by atoms with van der Waals surface area (Å²) in [5, 5.41) is 9.99. The van der Waals surface area contributed by atoms with Crippen molar-refractivity contribution in [1.29, 1.82) is 0 Å². The smallest absolute Gasteiger partial charge is 0.543 e. The molecule has 0 spiro atoms. The largest absolute Gasteiger partial charge is 1.00 e. The van der Waals surface area contributed by atoms with Crippen molar-refractivity contribution in [2.45, 2.75) is 0 Å². The number of carbonyl (C=O) groups excluding carboxylic acids is 1. The van der Waals surface area contributed by atoms with Crippen LogP contribution in [0.4, 0.5) is 0 Å². The molecule has 1 heterocycles. The Bertz CT molecular complexity index is 214. The summed E-state index contributed by atoms with van der Waals surface area (Å²) in [6.07, 6.45) is 3.83. The Balaban J connectivity index is 0.000000810. The number of hydrogen-bond donors (Lipinski definition) is 0. The van der Waals surface area contributed by atoms with Crippen molar-refractivity contribution in [3.05, 3.63) is 24.3 Å². The molecule has 0 saturated carbocycles. The number of rotatable bonds is 1. The molecule has 0 radical (unpaired) electrons. The van der Waals surface area contributed by atoms with Crippen LogP contribution in [0.2, 0.25) is 0 Å². The molecule has 1 rings (SSSR count). The molecular weight excluding hydrogens is 127 g/mol. The molecule has 0 N–H and O–H groups in total. The van der Waals surface area contributed by atoms with Crippen molar-refractivity contribution in [1.82, 2.24) is 9.97 Å². The van der Waals surface area contributed by atoms with Crippen LogP contribution in [-0.2, 0) is 0 Å². The van der Waals surface area contributed by atoms with E-state index in [1.54, 1.807) is 0 Å². The summed E-state index contributed by atoms with van der Waals surface area (Å²) in [5.74, 6) is -1.30. The Hall–Kier alpha value is -0.853. The summed E-state index contributed by atoms with van der Waals surface area (Å²) in [6, 6.07) is 0. The summed E-state index contributed by atoms with van der Waals surface area (Å²) in [6.45, 7) is 0. The van der Waals surface area contributed by atoms with Crippen molar-refractivity contribution >= 4 is 5.97 Å². The molecule has 0 amide bonds. The maximum absolute atomic E-state index is 9.99. The van der Waals surface area contributed by atoms with E-state index < -0.39 is 5.97 Å². The molecule has 10 heavy (non-hydrogen) atoms. The minimum absolute atomic E-state index is 0. The molecule has 0 saturated heterocycles. The summed E-state index contributed by atoms with van der Waals surface area (Å²) in [5.41, 5.74) is -0.141. The first-order valence-corrected chi connectivity index (χ1v) is 2.28. The van der Waals surface area contributed by atoms with Gasteiger partial charge in [0.15, 0.2) is 0 Å².